The van der Waals surface area contributed by atoms with Crippen LogP contribution in [0.5, 0.6) is 0 Å². The molecule has 1 heterocycles. The molecule has 0 amide bonds. The van der Waals surface area contributed by atoms with Crippen LogP contribution in [0.1, 0.15) is 0 Å². The maximum atomic E-state index is 9.84. The third kappa shape index (κ3) is 2.46. The van der Waals surface area contributed by atoms with Crippen LogP contribution in [-0.2, 0) is 16.9 Å². The molecular weight excluding hydrogens is 180 g/mol. The molecule has 0 bridgehead atoms. The van der Waals surface area contributed by atoms with Crippen LogP contribution in [0.2, 0.25) is 0 Å². The first-order valence-electron chi connectivity index (χ1n) is 3.14. The van der Waals surface area contributed by atoms with Crippen LogP contribution in [0, 0.1) is 0 Å². The fraction of sp³-hybridized carbons (Fsp3) is 0.333. The predicted octanol–water partition coefficient (Wildman–Crippen LogP) is 1.04. The van der Waals surface area contributed by atoms with Crippen molar-refractivity contribution in [1.29, 1.82) is 0 Å². The summed E-state index contributed by atoms with van der Waals surface area (Å²) in [6, 6.07) is 0. The molecule has 1 rings (SSSR count). The third-order valence-corrected chi connectivity index (χ3v) is 2.03. The van der Waals surface area contributed by atoms with Gasteiger partial charge in [0.15, 0.2) is 5.16 Å². The quantitative estimate of drug-likeness (QED) is 0.403. The molecule has 0 aromatic carbocycles. The van der Waals surface area contributed by atoms with Gasteiger partial charge in [-0.3, -0.25) is 0 Å². The number of imidazole rings is 1. The molecule has 1 aromatic rings. The van der Waals surface area contributed by atoms with E-state index in [1.807, 2.05) is 7.05 Å². The first-order valence-corrected chi connectivity index (χ1v) is 4.12. The number of hydrogen-bond donors (Lipinski definition) is 0. The van der Waals surface area contributed by atoms with Crippen LogP contribution in [0.3, 0.4) is 0 Å². The van der Waals surface area contributed by atoms with Crippen LogP contribution in [0.25, 0.3) is 0 Å². The van der Waals surface area contributed by atoms with Crippen molar-refractivity contribution in [3.63, 3.8) is 0 Å². The summed E-state index contributed by atoms with van der Waals surface area (Å²) in [6.45, 7) is 0. The molecule has 0 aliphatic carbocycles. The average molecular weight is 187 g/mol. The number of thioether (sulfide) groups is 1. The Balaban J connectivity index is 2.33. The van der Waals surface area contributed by atoms with E-state index >= 15 is 0 Å². The molecule has 12 heavy (non-hydrogen) atoms. The zero-order valence-corrected chi connectivity index (χ0v) is 7.21. The number of hydrogen-bond acceptors (Lipinski definition) is 4. The number of aromatic nitrogens is 2. The van der Waals surface area contributed by atoms with Gasteiger partial charge in [-0.25, -0.2) is 4.98 Å². The molecule has 0 unspecified atom stereocenters. The Morgan fingerprint density at radius 2 is 2.58 bits per heavy atom. The van der Waals surface area contributed by atoms with Crippen molar-refractivity contribution < 1.29 is 14.6 Å². The van der Waals surface area contributed by atoms with Gasteiger partial charge in [-0.15, -0.1) is 0 Å². The normalized spacial score (nSPS) is 9.75. The van der Waals surface area contributed by atoms with Gasteiger partial charge < -0.3 is 9.30 Å². The Hall–Kier alpha value is -1.17. The highest BCUT2D eigenvalue weighted by Crippen LogP contribution is 2.13. The van der Waals surface area contributed by atoms with Gasteiger partial charge in [0.1, 0.15) is 5.94 Å². The van der Waals surface area contributed by atoms with Gasteiger partial charge in [-0.05, 0) is 11.8 Å². The van der Waals surface area contributed by atoms with E-state index in [9.17, 15) is 9.90 Å². The minimum atomic E-state index is -1.52. The fourth-order valence-electron chi connectivity index (χ4n) is 0.621. The van der Waals surface area contributed by atoms with Crippen molar-refractivity contribution in [3.8, 4) is 0 Å². The molecule has 0 atom stereocenters. The van der Waals surface area contributed by atoms with Gasteiger partial charge in [-0.2, -0.15) is 9.90 Å². The van der Waals surface area contributed by atoms with Crippen LogP contribution in [0.4, 0.5) is 4.79 Å². The second kappa shape index (κ2) is 4.01. The van der Waals surface area contributed by atoms with Crippen molar-refractivity contribution in [2.75, 3.05) is 5.94 Å². The first-order chi connectivity index (χ1) is 5.70. The summed E-state index contributed by atoms with van der Waals surface area (Å²) in [7, 11) is 1.81. The van der Waals surface area contributed by atoms with E-state index in [2.05, 4.69) is 9.72 Å². The number of nitrogens with zero attached hydrogens (tertiary/aromatic N) is 2. The third-order valence-electron chi connectivity index (χ3n) is 1.14. The lowest BCUT2D eigenvalue weighted by Gasteiger charge is -1.98. The Bertz CT molecular complexity index is 274. The van der Waals surface area contributed by atoms with Crippen LogP contribution >= 0.6 is 11.8 Å². The summed E-state index contributed by atoms with van der Waals surface area (Å²) >= 11 is 1.19. The van der Waals surface area contributed by atoms with E-state index in [1.165, 1.54) is 11.8 Å². The number of ether oxygens (including phenoxy) is 1. The number of rotatable bonds is 3. The van der Waals surface area contributed by atoms with E-state index < -0.39 is 6.16 Å². The van der Waals surface area contributed by atoms with Gasteiger partial charge in [0.2, 0.25) is 0 Å². The first kappa shape index (κ1) is 8.92. The van der Waals surface area contributed by atoms with E-state index in [4.69, 9.17) is 0 Å². The zero-order chi connectivity index (χ0) is 8.97. The molecule has 0 saturated carbocycles. The predicted molar refractivity (Wildman–Crippen MR) is 41.1 cm³/mol. The number of carbonyl (C=O) groups is 1. The summed E-state index contributed by atoms with van der Waals surface area (Å²) in [5.41, 5.74) is 0. The highest BCUT2D eigenvalue weighted by atomic mass is 32.2. The molecule has 0 aliphatic heterocycles. The lowest BCUT2D eigenvalue weighted by atomic mass is 10.9. The van der Waals surface area contributed by atoms with Gasteiger partial charge in [-0.1, -0.05) is 0 Å². The van der Waals surface area contributed by atoms with E-state index in [0.717, 1.165) is 0 Å². The van der Waals surface area contributed by atoms with E-state index in [-0.39, 0.29) is 5.94 Å². The summed E-state index contributed by atoms with van der Waals surface area (Å²) in [6.07, 6.45) is 1.87. The van der Waals surface area contributed by atoms with Crippen LogP contribution in [0.15, 0.2) is 17.6 Å². The monoisotopic (exact) mass is 187 g/mol. The van der Waals surface area contributed by atoms with E-state index in [0.29, 0.717) is 5.16 Å². The molecule has 1 aromatic heterocycles. The molecule has 0 fully saturated rings. The summed E-state index contributed by atoms with van der Waals surface area (Å²) in [5.74, 6) is 0.00713. The Labute approximate surface area is 73.4 Å². The van der Waals surface area contributed by atoms with Gasteiger partial charge in [0.25, 0.3) is 0 Å². The topological polar surface area (TPSA) is 64.0 Å². The Morgan fingerprint density at radius 1 is 1.83 bits per heavy atom. The Kier molecular flexibility index (Phi) is 2.98. The van der Waals surface area contributed by atoms with Gasteiger partial charge >= 0.3 is 6.16 Å². The largest absolute Gasteiger partial charge is 0.550 e. The fourth-order valence-corrected chi connectivity index (χ4v) is 1.28. The lowest BCUT2D eigenvalue weighted by Crippen LogP contribution is -1.98. The summed E-state index contributed by atoms with van der Waals surface area (Å²) in [5, 5.41) is 10.5. The summed E-state index contributed by atoms with van der Waals surface area (Å²) < 4.78 is 5.95. The highest BCUT2D eigenvalue weighted by Gasteiger charge is 2.02. The minimum absolute atomic E-state index is 0.00713. The maximum Gasteiger partial charge on any atom is 0.550 e. The maximum absolute atomic E-state index is 9.84. The molecule has 65 valence electrons. The van der Waals surface area contributed by atoms with Crippen LogP contribution in [-0.4, -0.2) is 21.6 Å². The second-order valence-corrected chi connectivity index (χ2v) is 2.87. The standard InChI is InChI=1S/C6H7N2O3S/c1-8-3-2-7-5(8)12-4-11-6(9)10/h2-3H,4H2,1H3. The van der Waals surface area contributed by atoms with E-state index in [1.54, 1.807) is 17.0 Å². The van der Waals surface area contributed by atoms with Crippen LogP contribution < -0.4 is 0 Å². The zero-order valence-electron chi connectivity index (χ0n) is 6.39. The summed E-state index contributed by atoms with van der Waals surface area (Å²) in [4.78, 5) is 13.8. The van der Waals surface area contributed by atoms with Gasteiger partial charge in [0, 0.05) is 19.4 Å². The molecule has 0 N–H and O–H groups in total. The molecule has 0 saturated heterocycles. The highest BCUT2D eigenvalue weighted by molar-refractivity contribution is 7.99. The molecule has 6 heteroatoms. The molecule has 0 aliphatic rings. The van der Waals surface area contributed by atoms with Crippen molar-refractivity contribution in [2.24, 2.45) is 7.05 Å². The molecule has 0 spiro atoms. The van der Waals surface area contributed by atoms with Crippen molar-refractivity contribution in [1.82, 2.24) is 9.55 Å². The van der Waals surface area contributed by atoms with Gasteiger partial charge in [0.05, 0.1) is 0 Å². The number of aryl methyl sites for hydroxylation is 1. The number of carbonyl (C=O) groups excluding carboxylic acids is 1. The van der Waals surface area contributed by atoms with Crippen molar-refractivity contribution >= 4 is 17.9 Å². The molecule has 1 radical (unpaired) electrons. The smallest absolute Gasteiger partial charge is 0.420 e. The molecule has 5 nitrogen and oxygen atoms in total. The Morgan fingerprint density at radius 3 is 3.08 bits per heavy atom. The van der Waals surface area contributed by atoms with Crippen molar-refractivity contribution in [3.05, 3.63) is 12.4 Å². The average Bonchev–Trinajstić information content (AvgIpc) is 2.36. The second-order valence-electron chi connectivity index (χ2n) is 1.98. The SMILES string of the molecule is Cn1ccnc1SCOC([O])=O. The minimum Gasteiger partial charge on any atom is -0.420 e. The lowest BCUT2D eigenvalue weighted by molar-refractivity contribution is 0.0831. The molecular formula is C6H7N2O3S. The van der Waals surface area contributed by atoms with Crippen molar-refractivity contribution in [2.45, 2.75) is 5.16 Å².